The average Bonchev–Trinajstić information content (AvgIpc) is 3.05. The number of rotatable bonds is 2. The minimum Gasteiger partial charge on any atom is -0.294 e. The number of carbonyl (C=O) groups excluding carboxylic acids is 1. The highest BCUT2D eigenvalue weighted by atomic mass is 16.1. The molecule has 4 aromatic carbocycles. The van der Waals surface area contributed by atoms with Crippen molar-refractivity contribution in [2.45, 2.75) is 19.4 Å². The van der Waals surface area contributed by atoms with E-state index in [-0.39, 0.29) is 5.78 Å². The lowest BCUT2D eigenvalue weighted by Gasteiger charge is -2.24. The van der Waals surface area contributed by atoms with Gasteiger partial charge in [0.25, 0.3) is 0 Å². The maximum atomic E-state index is 14.0. The molecule has 1 heterocycles. The van der Waals surface area contributed by atoms with Crippen LogP contribution in [0.2, 0.25) is 0 Å². The van der Waals surface area contributed by atoms with Crippen LogP contribution >= 0.6 is 0 Å². The van der Waals surface area contributed by atoms with Crippen molar-refractivity contribution in [2.75, 3.05) is 0 Å². The summed E-state index contributed by atoms with van der Waals surface area (Å²) in [5.74, 6) is 6.50. The summed E-state index contributed by atoms with van der Waals surface area (Å²) in [6.45, 7) is 3.91. The molecule has 4 aromatic rings. The molecule has 0 fully saturated rings. The highest BCUT2D eigenvalue weighted by Crippen LogP contribution is 2.44. The smallest absolute Gasteiger partial charge is 0.205 e. The molecule has 154 valence electrons. The van der Waals surface area contributed by atoms with Crippen LogP contribution in [0.5, 0.6) is 0 Å². The third-order valence-corrected chi connectivity index (χ3v) is 6.14. The molecular weight excluding hydrogens is 390 g/mol. The molecular formula is C30H23NO. The van der Waals surface area contributed by atoms with Gasteiger partial charge >= 0.3 is 0 Å². The van der Waals surface area contributed by atoms with Crippen LogP contribution in [0.25, 0.3) is 10.8 Å². The van der Waals surface area contributed by atoms with Crippen molar-refractivity contribution in [3.05, 3.63) is 120 Å². The van der Waals surface area contributed by atoms with Gasteiger partial charge in [0.2, 0.25) is 5.54 Å². The van der Waals surface area contributed by atoms with Gasteiger partial charge in [-0.3, -0.25) is 9.79 Å². The fourth-order valence-corrected chi connectivity index (χ4v) is 4.40. The maximum absolute atomic E-state index is 14.0. The summed E-state index contributed by atoms with van der Waals surface area (Å²) in [5.41, 5.74) is 1.39. The molecule has 0 saturated heterocycles. The predicted octanol–water partition coefficient (Wildman–Crippen LogP) is 6.19. The molecule has 0 aliphatic carbocycles. The third kappa shape index (κ3) is 3.24. The van der Waals surface area contributed by atoms with E-state index in [0.29, 0.717) is 0 Å². The van der Waals surface area contributed by atoms with Crippen molar-refractivity contribution < 1.29 is 4.79 Å². The number of carbonyl (C=O) groups is 1. The zero-order valence-electron chi connectivity index (χ0n) is 18.2. The number of nitrogens with zero attached hydrogens (tertiary/aromatic N) is 1. The van der Waals surface area contributed by atoms with Gasteiger partial charge in [-0.15, -0.1) is 0 Å². The van der Waals surface area contributed by atoms with Crippen molar-refractivity contribution in [1.82, 2.24) is 0 Å². The molecule has 0 bridgehead atoms. The van der Waals surface area contributed by atoms with Crippen molar-refractivity contribution in [2.24, 2.45) is 10.4 Å². The first kappa shape index (κ1) is 20.0. The van der Waals surface area contributed by atoms with Gasteiger partial charge in [-0.25, -0.2) is 0 Å². The van der Waals surface area contributed by atoms with Crippen molar-refractivity contribution >= 4 is 22.3 Å². The Bertz CT molecular complexity index is 1400. The molecule has 0 amide bonds. The Balaban J connectivity index is 1.73. The summed E-state index contributed by atoms with van der Waals surface area (Å²) in [5, 5.41) is 2.29. The molecule has 32 heavy (non-hydrogen) atoms. The summed E-state index contributed by atoms with van der Waals surface area (Å²) in [6.07, 6.45) is 0. The molecule has 0 radical (unpaired) electrons. The monoisotopic (exact) mass is 413 g/mol. The van der Waals surface area contributed by atoms with E-state index in [0.717, 1.165) is 33.2 Å². The predicted molar refractivity (Wildman–Crippen MR) is 131 cm³/mol. The minimum atomic E-state index is -1.23. The largest absolute Gasteiger partial charge is 0.294 e. The van der Waals surface area contributed by atoms with Crippen LogP contribution in [0.3, 0.4) is 0 Å². The molecule has 0 spiro atoms. The molecule has 1 aliphatic rings. The Kier molecular flexibility index (Phi) is 4.76. The number of ketones is 1. The Morgan fingerprint density at radius 2 is 1.34 bits per heavy atom. The standard InChI is InChI=1S/C30H23NO/c1-29(2)27(25-18-17-23-13-9-10-14-24(23)21-25)31-30(28(29)32,26-15-7-4-8-16-26)20-19-22-11-5-3-6-12-22/h3-18,21H,1-2H3. The number of hydrogen-bond acceptors (Lipinski definition) is 2. The summed E-state index contributed by atoms with van der Waals surface area (Å²) in [4.78, 5) is 19.1. The van der Waals surface area contributed by atoms with E-state index < -0.39 is 11.0 Å². The third-order valence-electron chi connectivity index (χ3n) is 6.14. The van der Waals surface area contributed by atoms with Crippen LogP contribution < -0.4 is 0 Å². The first-order chi connectivity index (χ1) is 15.5. The fraction of sp³-hybridized carbons (Fsp3) is 0.133. The first-order valence-corrected chi connectivity index (χ1v) is 10.8. The van der Waals surface area contributed by atoms with Gasteiger partial charge in [0.05, 0.1) is 11.1 Å². The Labute approximate surface area is 188 Å². The fourth-order valence-electron chi connectivity index (χ4n) is 4.40. The lowest BCUT2D eigenvalue weighted by Crippen LogP contribution is -2.38. The first-order valence-electron chi connectivity index (χ1n) is 10.8. The summed E-state index contributed by atoms with van der Waals surface area (Å²) < 4.78 is 0. The van der Waals surface area contributed by atoms with E-state index in [2.05, 4.69) is 42.2 Å². The molecule has 0 aromatic heterocycles. The van der Waals surface area contributed by atoms with Crippen LogP contribution in [0.4, 0.5) is 0 Å². The average molecular weight is 414 g/mol. The SMILES string of the molecule is CC1(C)C(=O)C(C#Cc2ccccc2)(c2ccccc2)N=C1c1ccc2ccccc2c1. The normalized spacial score (nSPS) is 19.3. The second-order valence-corrected chi connectivity index (χ2v) is 8.67. The van der Waals surface area contributed by atoms with Crippen LogP contribution in [0.15, 0.2) is 108 Å². The van der Waals surface area contributed by atoms with Crippen LogP contribution in [0, 0.1) is 17.3 Å². The van der Waals surface area contributed by atoms with Crippen molar-refractivity contribution in [1.29, 1.82) is 0 Å². The van der Waals surface area contributed by atoms with E-state index >= 15 is 0 Å². The van der Waals surface area contributed by atoms with Gasteiger partial charge in [0, 0.05) is 5.56 Å². The second kappa shape index (κ2) is 7.62. The van der Waals surface area contributed by atoms with Gasteiger partial charge in [-0.05, 0) is 53.9 Å². The molecule has 1 unspecified atom stereocenters. The Morgan fingerprint density at radius 3 is 2.06 bits per heavy atom. The summed E-state index contributed by atoms with van der Waals surface area (Å²) in [7, 11) is 0. The number of Topliss-reactive ketones (excluding diaryl/α,β-unsaturated/α-hetero) is 1. The Hall–Kier alpha value is -3.96. The van der Waals surface area contributed by atoms with Gasteiger partial charge in [-0.2, -0.15) is 0 Å². The lowest BCUT2D eigenvalue weighted by atomic mass is 9.74. The molecule has 1 aliphatic heterocycles. The zero-order chi connectivity index (χ0) is 22.2. The number of benzene rings is 4. The van der Waals surface area contributed by atoms with Crippen molar-refractivity contribution in [3.8, 4) is 11.8 Å². The van der Waals surface area contributed by atoms with E-state index in [1.807, 2.05) is 86.6 Å². The van der Waals surface area contributed by atoms with Gasteiger partial charge in [0.15, 0.2) is 5.78 Å². The van der Waals surface area contributed by atoms with E-state index in [1.165, 1.54) is 0 Å². The lowest BCUT2D eigenvalue weighted by molar-refractivity contribution is -0.126. The van der Waals surface area contributed by atoms with Gasteiger partial charge in [0.1, 0.15) is 0 Å². The highest BCUT2D eigenvalue weighted by Gasteiger charge is 2.54. The molecule has 5 rings (SSSR count). The maximum Gasteiger partial charge on any atom is 0.205 e. The van der Waals surface area contributed by atoms with E-state index in [4.69, 9.17) is 4.99 Å². The molecule has 1 atom stereocenters. The van der Waals surface area contributed by atoms with Crippen LogP contribution in [-0.4, -0.2) is 11.5 Å². The topological polar surface area (TPSA) is 29.4 Å². The highest BCUT2D eigenvalue weighted by molar-refractivity contribution is 6.25. The quantitative estimate of drug-likeness (QED) is 0.361. The van der Waals surface area contributed by atoms with E-state index in [9.17, 15) is 4.79 Å². The van der Waals surface area contributed by atoms with Crippen LogP contribution in [0.1, 0.15) is 30.5 Å². The molecule has 0 N–H and O–H groups in total. The minimum absolute atomic E-state index is 0.00258. The summed E-state index contributed by atoms with van der Waals surface area (Å²) >= 11 is 0. The van der Waals surface area contributed by atoms with E-state index in [1.54, 1.807) is 0 Å². The number of aliphatic imine (C=N–C) groups is 1. The second-order valence-electron chi connectivity index (χ2n) is 8.67. The Morgan fingerprint density at radius 1 is 0.719 bits per heavy atom. The van der Waals surface area contributed by atoms with Gasteiger partial charge in [-0.1, -0.05) is 96.8 Å². The molecule has 0 saturated carbocycles. The number of hydrogen-bond donors (Lipinski definition) is 0. The zero-order valence-corrected chi connectivity index (χ0v) is 18.2. The molecule has 2 nitrogen and oxygen atoms in total. The molecule has 2 heteroatoms. The van der Waals surface area contributed by atoms with Crippen molar-refractivity contribution in [3.63, 3.8) is 0 Å². The van der Waals surface area contributed by atoms with Gasteiger partial charge < -0.3 is 0 Å². The summed E-state index contributed by atoms with van der Waals surface area (Å²) in [6, 6.07) is 34.0. The number of fused-ring (bicyclic) bond motifs is 1. The van der Waals surface area contributed by atoms with Crippen LogP contribution in [-0.2, 0) is 10.3 Å².